The number of hydrogen-bond donors (Lipinski definition) is 2. The summed E-state index contributed by atoms with van der Waals surface area (Å²) in [5, 5.41) is 6.39. The molecule has 0 radical (unpaired) electrons. The lowest BCUT2D eigenvalue weighted by molar-refractivity contribution is -0.156. The number of aryl methyl sites for hydroxylation is 1. The first-order valence-corrected chi connectivity index (χ1v) is 23.4. The number of aliphatic imine (C=N–C) groups is 2. The Labute approximate surface area is 371 Å². The van der Waals surface area contributed by atoms with E-state index in [1.165, 1.54) is 5.01 Å². The highest BCUT2D eigenvalue weighted by molar-refractivity contribution is 8.14. The summed E-state index contributed by atoms with van der Waals surface area (Å²) in [6.07, 6.45) is 4.36. The molecule has 4 aliphatic heterocycles. The number of methoxy groups -OCH3 is 2. The Morgan fingerprint density at radius 3 is 2.63 bits per heavy atom. The Hall–Kier alpha value is -3.86. The average Bonchev–Trinajstić information content (AvgIpc) is 3.52. The van der Waals surface area contributed by atoms with E-state index in [0.29, 0.717) is 56.3 Å². The van der Waals surface area contributed by atoms with Gasteiger partial charge in [-0.2, -0.15) is 0 Å². The maximum atomic E-state index is 14.9. The highest BCUT2D eigenvalue weighted by Crippen LogP contribution is 2.46. The quantitative estimate of drug-likeness (QED) is 0.148. The van der Waals surface area contributed by atoms with Crippen molar-refractivity contribution in [1.82, 2.24) is 25.2 Å². The van der Waals surface area contributed by atoms with Gasteiger partial charge in [0.05, 0.1) is 42.9 Å². The van der Waals surface area contributed by atoms with Crippen LogP contribution in [0.3, 0.4) is 0 Å². The number of rotatable bonds is 13. The molecule has 6 bridgehead atoms. The molecule has 7 rings (SSSR count). The summed E-state index contributed by atoms with van der Waals surface area (Å²) in [7, 11) is 3.41. The standard InChI is InChI=1S/C47H67N7O7S/c1-11-32(39(48-12-2)29(6)58-9)41-34-22-47(7,8)26-61-46(57)35-15-14-18-54(51-35)45(56)40(50-43(55)38-27(4)28(38)5)42(60-20-19-52-23-31(24-52)59-10)44-49-36(25-62-44)30-16-17-37(33(34)21-30)53(41)13-3/h11-12,16-17,21,27-29,31,35-36,38,40,42,51H,1,13-15,18-20,22-26H2,2-10H3,(H,50,55)/b39-32+,48-12?/t27-,28+,29-,35-,36?,38?,40-,42-/m0/s1. The van der Waals surface area contributed by atoms with Crippen LogP contribution in [0.5, 0.6) is 0 Å². The SMILES string of the molecule is C=C/C(=C(\N=CC)[C@H](C)OC)c1c2c3cc(ccc3n1CC)C1CSC(=N1)[C@@H](OCCN1CC(OC)C1)[C@H](NC(=O)C1[C@@H](C)[C@H]1C)C(=O)N1CCC[C@H](N1)C(=O)OCC(C)(C)C2. The largest absolute Gasteiger partial charge is 0.464 e. The highest BCUT2D eigenvalue weighted by atomic mass is 32.2. The van der Waals surface area contributed by atoms with Gasteiger partial charge < -0.3 is 28.8 Å². The summed E-state index contributed by atoms with van der Waals surface area (Å²) in [5.41, 5.74) is 8.57. The van der Waals surface area contributed by atoms with Crippen molar-refractivity contribution in [3.05, 3.63) is 53.4 Å². The molecule has 2 aromatic rings. The number of amides is 2. The molecule has 5 heterocycles. The number of ether oxygens (including phenoxy) is 4. The smallest absolute Gasteiger partial charge is 0.324 e. The van der Waals surface area contributed by atoms with Crippen LogP contribution in [0.4, 0.5) is 0 Å². The summed E-state index contributed by atoms with van der Waals surface area (Å²) in [6, 6.07) is 4.52. The third-order valence-corrected chi connectivity index (χ3v) is 14.6. The second-order valence-electron chi connectivity index (χ2n) is 18.3. The van der Waals surface area contributed by atoms with E-state index < -0.39 is 29.6 Å². The van der Waals surface area contributed by atoms with E-state index in [0.717, 1.165) is 52.1 Å². The van der Waals surface area contributed by atoms with E-state index in [2.05, 4.69) is 79.6 Å². The van der Waals surface area contributed by atoms with Gasteiger partial charge in [-0.25, -0.2) is 5.43 Å². The van der Waals surface area contributed by atoms with Crippen molar-refractivity contribution in [2.24, 2.45) is 33.2 Å². The Balaban J connectivity index is 1.36. The van der Waals surface area contributed by atoms with Crippen molar-refractivity contribution in [3.63, 3.8) is 0 Å². The molecule has 2 N–H and O–H groups in total. The number of carbonyl (C=O) groups is 3. The van der Waals surface area contributed by atoms with Crippen LogP contribution in [-0.4, -0.2) is 133 Å². The lowest BCUT2D eigenvalue weighted by Gasteiger charge is -2.39. The van der Waals surface area contributed by atoms with Crippen LogP contribution in [0.25, 0.3) is 16.5 Å². The summed E-state index contributed by atoms with van der Waals surface area (Å²) in [4.78, 5) is 55.2. The van der Waals surface area contributed by atoms with Gasteiger partial charge >= 0.3 is 5.97 Å². The molecule has 1 aliphatic carbocycles. The zero-order chi connectivity index (χ0) is 44.5. The number of likely N-dealkylation sites (tertiary alicyclic amines) is 1. The van der Waals surface area contributed by atoms with E-state index >= 15 is 0 Å². The molecule has 0 spiro atoms. The number of aromatic nitrogens is 1. The van der Waals surface area contributed by atoms with E-state index in [9.17, 15) is 14.4 Å². The number of carbonyl (C=O) groups excluding carboxylic acids is 3. The Kier molecular flexibility index (Phi) is 14.5. The topological polar surface area (TPSA) is 148 Å². The van der Waals surface area contributed by atoms with Gasteiger partial charge in [0.25, 0.3) is 5.91 Å². The first-order chi connectivity index (χ1) is 29.7. The Morgan fingerprint density at radius 2 is 1.97 bits per heavy atom. The average molecular weight is 874 g/mol. The number of benzene rings is 1. The minimum Gasteiger partial charge on any atom is -0.464 e. The van der Waals surface area contributed by atoms with E-state index in [-0.39, 0.29) is 54.4 Å². The Bertz CT molecular complexity index is 2100. The molecule has 2 unspecified atom stereocenters. The second-order valence-corrected chi connectivity index (χ2v) is 19.4. The van der Waals surface area contributed by atoms with Gasteiger partial charge in [0.1, 0.15) is 23.2 Å². The molecule has 2 saturated heterocycles. The normalized spacial score (nSPS) is 29.1. The first-order valence-electron chi connectivity index (χ1n) is 22.4. The van der Waals surface area contributed by atoms with Gasteiger partial charge in [0.2, 0.25) is 5.91 Å². The zero-order valence-electron chi connectivity index (χ0n) is 38.1. The van der Waals surface area contributed by atoms with Crippen LogP contribution in [0, 0.1) is 23.2 Å². The van der Waals surface area contributed by atoms with Crippen molar-refractivity contribution in [1.29, 1.82) is 0 Å². The van der Waals surface area contributed by atoms with Crippen LogP contribution >= 0.6 is 11.8 Å². The van der Waals surface area contributed by atoms with E-state index in [4.69, 9.17) is 28.9 Å². The van der Waals surface area contributed by atoms with Crippen LogP contribution in [0.1, 0.15) is 84.2 Å². The van der Waals surface area contributed by atoms with Gasteiger partial charge in [0.15, 0.2) is 0 Å². The molecular weight excluding hydrogens is 807 g/mol. The minimum atomic E-state index is -1.08. The molecule has 1 aromatic carbocycles. The van der Waals surface area contributed by atoms with Gasteiger partial charge in [-0.05, 0) is 75.1 Å². The van der Waals surface area contributed by atoms with Crippen LogP contribution in [0.15, 0.2) is 46.5 Å². The lowest BCUT2D eigenvalue weighted by Crippen LogP contribution is -2.63. The van der Waals surface area contributed by atoms with Crippen LogP contribution < -0.4 is 10.7 Å². The van der Waals surface area contributed by atoms with Gasteiger partial charge in [-0.3, -0.25) is 34.3 Å². The zero-order valence-corrected chi connectivity index (χ0v) is 38.9. The maximum absolute atomic E-state index is 14.9. The molecular formula is C47H67N7O7S. The summed E-state index contributed by atoms with van der Waals surface area (Å²) in [6.45, 7) is 22.5. The summed E-state index contributed by atoms with van der Waals surface area (Å²) >= 11 is 1.57. The van der Waals surface area contributed by atoms with Gasteiger partial charge in [-0.1, -0.05) is 46.4 Å². The number of thioether (sulfide) groups is 1. The molecule has 62 heavy (non-hydrogen) atoms. The third kappa shape index (κ3) is 9.49. The van der Waals surface area contributed by atoms with Crippen LogP contribution in [0.2, 0.25) is 0 Å². The number of cyclic esters (lactones) is 1. The number of nitrogens with one attached hydrogen (secondary N) is 2. The van der Waals surface area contributed by atoms with E-state index in [1.54, 1.807) is 32.2 Å². The molecule has 3 fully saturated rings. The first kappa shape index (κ1) is 46.1. The molecule has 15 heteroatoms. The fourth-order valence-electron chi connectivity index (χ4n) is 9.46. The Morgan fingerprint density at radius 1 is 1.21 bits per heavy atom. The number of hydrogen-bond acceptors (Lipinski definition) is 12. The molecule has 2 amide bonds. The van der Waals surface area contributed by atoms with Crippen molar-refractivity contribution in [2.45, 2.75) is 111 Å². The van der Waals surface area contributed by atoms with Crippen LogP contribution in [-0.2, 0) is 46.3 Å². The highest BCUT2D eigenvalue weighted by Gasteiger charge is 2.51. The molecule has 5 aliphatic rings. The molecule has 1 aromatic heterocycles. The van der Waals surface area contributed by atoms with E-state index in [1.807, 2.05) is 19.9 Å². The number of allylic oxidation sites excluding steroid dienone is 2. The maximum Gasteiger partial charge on any atom is 0.324 e. The van der Waals surface area contributed by atoms with Crippen molar-refractivity contribution >= 4 is 57.3 Å². The monoisotopic (exact) mass is 873 g/mol. The van der Waals surface area contributed by atoms with Crippen molar-refractivity contribution < 1.29 is 33.3 Å². The minimum absolute atomic E-state index is 0.152. The lowest BCUT2D eigenvalue weighted by atomic mass is 9.84. The van der Waals surface area contributed by atoms with Gasteiger partial charge in [-0.15, -0.1) is 11.8 Å². The van der Waals surface area contributed by atoms with Crippen molar-refractivity contribution in [2.75, 3.05) is 59.4 Å². The third-order valence-electron chi connectivity index (χ3n) is 13.5. The molecule has 14 nitrogen and oxygen atoms in total. The predicted molar refractivity (Wildman–Crippen MR) is 245 cm³/mol. The summed E-state index contributed by atoms with van der Waals surface area (Å²) < 4.78 is 26.6. The second kappa shape index (κ2) is 19.5. The fraction of sp³-hybridized carbons (Fsp3) is 0.638. The van der Waals surface area contributed by atoms with Gasteiger partial charge in [0, 0.05) is 86.7 Å². The predicted octanol–water partition coefficient (Wildman–Crippen LogP) is 5.59. The molecule has 8 atom stereocenters. The fourth-order valence-corrected chi connectivity index (χ4v) is 10.6. The summed E-state index contributed by atoms with van der Waals surface area (Å²) in [5.74, 6) is -0.104. The molecule has 1 saturated carbocycles. The molecule has 338 valence electrons. The van der Waals surface area contributed by atoms with Crippen molar-refractivity contribution in [3.8, 4) is 0 Å². The number of hydrazine groups is 1. The number of esters is 1. The number of fused-ring (bicyclic) bond motifs is 5. The number of nitrogens with zero attached hydrogens (tertiary/aromatic N) is 5.